The van der Waals surface area contributed by atoms with E-state index >= 15 is 0 Å². The normalized spacial score (nSPS) is 16.5. The molecule has 1 amide bonds. The van der Waals surface area contributed by atoms with Crippen LogP contribution in [0.3, 0.4) is 0 Å². The number of H-pyrrole nitrogens is 1. The molecule has 4 aromatic rings. The number of amides is 1. The summed E-state index contributed by atoms with van der Waals surface area (Å²) in [4.78, 5) is 31.2. The van der Waals surface area contributed by atoms with Crippen LogP contribution in [0.25, 0.3) is 5.76 Å². The molecule has 0 spiro atoms. The Bertz CT molecular complexity index is 1520. The molecule has 1 aliphatic heterocycles. The Morgan fingerprint density at radius 1 is 0.921 bits per heavy atom. The van der Waals surface area contributed by atoms with Gasteiger partial charge in [0.2, 0.25) is 5.78 Å². The lowest BCUT2D eigenvalue weighted by Gasteiger charge is -2.28. The number of nitrogens with zero attached hydrogens (tertiary/aromatic N) is 1. The van der Waals surface area contributed by atoms with Crippen LogP contribution in [0.1, 0.15) is 28.3 Å². The van der Waals surface area contributed by atoms with Gasteiger partial charge in [-0.15, -0.1) is 0 Å². The molecule has 1 aromatic heterocycles. The maximum absolute atomic E-state index is 13.9. The number of ketones is 1. The minimum Gasteiger partial charge on any atom is -0.872 e. The van der Waals surface area contributed by atoms with Gasteiger partial charge < -0.3 is 19.5 Å². The van der Waals surface area contributed by atoms with Crippen LogP contribution in [0.5, 0.6) is 17.2 Å². The number of aromatic nitrogens is 1. The zero-order chi connectivity index (χ0) is 26.6. The summed E-state index contributed by atoms with van der Waals surface area (Å²) < 4.78 is 11.3. The molecule has 7 heteroatoms. The molecule has 7 nitrogen and oxygen atoms in total. The number of hydrogen-bond donors (Lipinski definition) is 0. The lowest BCUT2D eigenvalue weighted by molar-refractivity contribution is -0.378. The maximum Gasteiger partial charge on any atom is 0.295 e. The number of Topliss-reactive ketones (excluding diaryl/α,β-unsaturated/α-hetero) is 1. The number of nitrogens with one attached hydrogen (secondary N) is 1. The highest BCUT2D eigenvalue weighted by Crippen LogP contribution is 2.41. The molecular weight excluding hydrogens is 480 g/mol. The largest absolute Gasteiger partial charge is 0.872 e. The third-order valence-corrected chi connectivity index (χ3v) is 6.48. The van der Waals surface area contributed by atoms with Crippen molar-refractivity contribution in [2.45, 2.75) is 19.5 Å². The Hall–Kier alpha value is -4.91. The second-order valence-corrected chi connectivity index (χ2v) is 8.99. The number of carbonyl (C=O) groups is 2. The Morgan fingerprint density at radius 3 is 2.42 bits per heavy atom. The minimum atomic E-state index is -0.886. The molecule has 0 radical (unpaired) electrons. The molecule has 1 unspecified atom stereocenters. The van der Waals surface area contributed by atoms with Crippen molar-refractivity contribution in [1.29, 1.82) is 0 Å². The quantitative estimate of drug-likeness (QED) is 0.214. The molecule has 2 heterocycles. The summed E-state index contributed by atoms with van der Waals surface area (Å²) in [6.45, 7) is 1.92. The monoisotopic (exact) mass is 506 g/mol. The van der Waals surface area contributed by atoms with E-state index in [1.165, 1.54) is 4.90 Å². The van der Waals surface area contributed by atoms with E-state index in [0.29, 0.717) is 33.9 Å². The smallest absolute Gasteiger partial charge is 0.295 e. The Balaban J connectivity index is 1.63. The maximum atomic E-state index is 13.9. The molecule has 0 saturated carbocycles. The van der Waals surface area contributed by atoms with Crippen LogP contribution in [-0.2, 0) is 16.1 Å². The van der Waals surface area contributed by atoms with Crippen molar-refractivity contribution in [3.8, 4) is 17.2 Å². The van der Waals surface area contributed by atoms with Crippen molar-refractivity contribution in [2.24, 2.45) is 0 Å². The lowest BCUT2D eigenvalue weighted by Crippen LogP contribution is -2.29. The molecule has 0 bridgehead atoms. The Kier molecular flexibility index (Phi) is 6.91. The molecule has 5 rings (SSSR count). The molecular formula is C31H26N2O5. The van der Waals surface area contributed by atoms with E-state index in [4.69, 9.17) is 9.47 Å². The standard InChI is InChI=1S/C31H26N2O5/c1-20-16-24(37-2)13-14-26(20)29(34)27-28(33(31(36)30(27)35)19-21-8-7-15-32-18-21)22-9-6-12-25(17-22)38-23-10-4-3-5-11-23/h3-18,28,34H,19H2,1-2H3. The number of ether oxygens (including phenoxy) is 2. The van der Waals surface area contributed by atoms with Crippen LogP contribution in [-0.4, -0.2) is 23.7 Å². The van der Waals surface area contributed by atoms with Gasteiger partial charge in [-0.2, -0.15) is 0 Å². The fraction of sp³-hybridized carbons (Fsp3) is 0.129. The van der Waals surface area contributed by atoms with E-state index < -0.39 is 23.5 Å². The number of rotatable bonds is 7. The van der Waals surface area contributed by atoms with E-state index in [1.807, 2.05) is 42.5 Å². The van der Waals surface area contributed by atoms with Gasteiger partial charge in [0.15, 0.2) is 12.4 Å². The predicted octanol–water partition coefficient (Wildman–Crippen LogP) is 4.03. The van der Waals surface area contributed by atoms with E-state index in [1.54, 1.807) is 68.9 Å². The number of hydrogen-bond acceptors (Lipinski definition) is 5. The first kappa shape index (κ1) is 24.8. The Labute approximate surface area is 220 Å². The number of carbonyl (C=O) groups excluding carboxylic acids is 2. The van der Waals surface area contributed by atoms with Crippen LogP contribution in [0.15, 0.2) is 103 Å². The zero-order valence-electron chi connectivity index (χ0n) is 21.0. The zero-order valence-corrected chi connectivity index (χ0v) is 21.0. The third kappa shape index (κ3) is 4.86. The van der Waals surface area contributed by atoms with Gasteiger partial charge in [-0.05, 0) is 66.1 Å². The first-order chi connectivity index (χ1) is 18.5. The first-order valence-electron chi connectivity index (χ1n) is 12.2. The second-order valence-electron chi connectivity index (χ2n) is 8.99. The summed E-state index contributed by atoms with van der Waals surface area (Å²) >= 11 is 0. The van der Waals surface area contributed by atoms with Crippen LogP contribution >= 0.6 is 0 Å². The summed E-state index contributed by atoms with van der Waals surface area (Å²) in [5.74, 6) is -0.227. The fourth-order valence-corrected chi connectivity index (χ4v) is 4.64. The summed E-state index contributed by atoms with van der Waals surface area (Å²) in [7, 11) is 1.55. The third-order valence-electron chi connectivity index (χ3n) is 6.48. The molecule has 0 aliphatic carbocycles. The summed E-state index contributed by atoms with van der Waals surface area (Å²) in [5.41, 5.74) is 2.31. The number of benzene rings is 3. The summed E-state index contributed by atoms with van der Waals surface area (Å²) in [6.07, 6.45) is 3.52. The SMILES string of the molecule is COc1ccc(C([O-])=C2C(=O)C(=O)N(Cc3ccc[nH+]c3)C2c2cccc(Oc3ccccc3)c2)c(C)c1. The molecule has 1 atom stereocenters. The molecule has 1 fully saturated rings. The highest BCUT2D eigenvalue weighted by molar-refractivity contribution is 6.46. The molecule has 1 saturated heterocycles. The number of likely N-dealkylation sites (tertiary alicyclic amines) is 1. The van der Waals surface area contributed by atoms with Crippen LogP contribution in [0.2, 0.25) is 0 Å². The van der Waals surface area contributed by atoms with Gasteiger partial charge in [0.25, 0.3) is 5.91 Å². The number of pyridine rings is 1. The van der Waals surface area contributed by atoms with E-state index in [2.05, 4.69) is 4.98 Å². The van der Waals surface area contributed by atoms with Crippen molar-refractivity contribution < 1.29 is 29.2 Å². The predicted molar refractivity (Wildman–Crippen MR) is 139 cm³/mol. The van der Waals surface area contributed by atoms with E-state index in [0.717, 1.165) is 5.56 Å². The number of methoxy groups -OCH3 is 1. The average Bonchev–Trinajstić information content (AvgIpc) is 3.19. The fourth-order valence-electron chi connectivity index (χ4n) is 4.64. The van der Waals surface area contributed by atoms with Gasteiger partial charge in [-0.25, -0.2) is 4.98 Å². The number of aryl methyl sites for hydroxylation is 1. The van der Waals surface area contributed by atoms with Gasteiger partial charge in [-0.3, -0.25) is 9.59 Å². The van der Waals surface area contributed by atoms with Crippen molar-refractivity contribution in [2.75, 3.05) is 7.11 Å². The molecule has 1 N–H and O–H groups in total. The van der Waals surface area contributed by atoms with E-state index in [9.17, 15) is 14.7 Å². The van der Waals surface area contributed by atoms with Crippen LogP contribution in [0, 0.1) is 6.92 Å². The van der Waals surface area contributed by atoms with Crippen molar-refractivity contribution in [1.82, 2.24) is 4.90 Å². The number of aromatic amines is 1. The molecule has 1 aliphatic rings. The van der Waals surface area contributed by atoms with Crippen LogP contribution < -0.4 is 19.6 Å². The van der Waals surface area contributed by atoms with Gasteiger partial charge >= 0.3 is 0 Å². The molecule has 190 valence electrons. The summed E-state index contributed by atoms with van der Waals surface area (Å²) in [6, 6.07) is 24.3. The number of para-hydroxylation sites is 1. The first-order valence-corrected chi connectivity index (χ1v) is 12.2. The van der Waals surface area contributed by atoms with Crippen molar-refractivity contribution >= 4 is 17.4 Å². The van der Waals surface area contributed by atoms with Gasteiger partial charge in [0.1, 0.15) is 17.2 Å². The van der Waals surface area contributed by atoms with Gasteiger partial charge in [0, 0.05) is 17.2 Å². The van der Waals surface area contributed by atoms with Crippen molar-refractivity contribution in [3.05, 3.63) is 125 Å². The van der Waals surface area contributed by atoms with Gasteiger partial charge in [-0.1, -0.05) is 42.2 Å². The second kappa shape index (κ2) is 10.6. The molecule has 38 heavy (non-hydrogen) atoms. The highest BCUT2D eigenvalue weighted by atomic mass is 16.5. The van der Waals surface area contributed by atoms with Crippen molar-refractivity contribution in [3.63, 3.8) is 0 Å². The highest BCUT2D eigenvalue weighted by Gasteiger charge is 2.44. The lowest BCUT2D eigenvalue weighted by atomic mass is 9.93. The topological polar surface area (TPSA) is 93.0 Å². The molecule has 3 aromatic carbocycles. The Morgan fingerprint density at radius 2 is 1.71 bits per heavy atom. The average molecular weight is 507 g/mol. The van der Waals surface area contributed by atoms with Gasteiger partial charge in [0.05, 0.1) is 19.7 Å². The van der Waals surface area contributed by atoms with Crippen LogP contribution in [0.4, 0.5) is 0 Å². The summed E-state index contributed by atoms with van der Waals surface area (Å²) in [5, 5.41) is 13.9. The minimum absolute atomic E-state index is 0.0833. The van der Waals surface area contributed by atoms with E-state index in [-0.39, 0.29) is 12.1 Å².